The normalized spacial score (nSPS) is 20.1. The number of benzene rings is 1. The van der Waals surface area contributed by atoms with Crippen molar-refractivity contribution < 1.29 is 9.59 Å². The van der Waals surface area contributed by atoms with Gasteiger partial charge in [-0.05, 0) is 51.0 Å². The van der Waals surface area contributed by atoms with Crippen molar-refractivity contribution >= 4 is 44.9 Å². The molecule has 1 saturated heterocycles. The van der Waals surface area contributed by atoms with Crippen LogP contribution < -0.4 is 4.90 Å². The largest absolute Gasteiger partial charge is 0.312 e. The quantitative estimate of drug-likeness (QED) is 0.608. The van der Waals surface area contributed by atoms with Gasteiger partial charge in [0, 0.05) is 17.3 Å². The van der Waals surface area contributed by atoms with Crippen LogP contribution in [0, 0.1) is 5.92 Å². The average Bonchev–Trinajstić information content (AvgIpc) is 2.38. The van der Waals surface area contributed by atoms with Gasteiger partial charge in [0.15, 0.2) is 5.78 Å². The second-order valence-corrected chi connectivity index (χ2v) is 7.92. The summed E-state index contributed by atoms with van der Waals surface area (Å²) in [7, 11) is 0. The zero-order chi connectivity index (χ0) is 14.9. The van der Waals surface area contributed by atoms with E-state index in [4.69, 9.17) is 11.6 Å². The first kappa shape index (κ1) is 15.5. The second kappa shape index (κ2) is 5.86. The predicted octanol–water partition coefficient (Wildman–Crippen LogP) is 3.83. The van der Waals surface area contributed by atoms with Gasteiger partial charge >= 0.3 is 0 Å². The van der Waals surface area contributed by atoms with E-state index in [1.807, 2.05) is 12.1 Å². The molecule has 1 fully saturated rings. The highest BCUT2D eigenvalue weighted by Gasteiger charge is 2.40. The van der Waals surface area contributed by atoms with Crippen LogP contribution in [-0.4, -0.2) is 22.6 Å². The molecule has 20 heavy (non-hydrogen) atoms. The van der Waals surface area contributed by atoms with Crippen LogP contribution in [0.1, 0.15) is 26.7 Å². The Kier molecular flexibility index (Phi) is 4.55. The summed E-state index contributed by atoms with van der Waals surface area (Å²) in [4.78, 5) is 26.6. The second-order valence-electron chi connectivity index (χ2n) is 5.50. The number of amides is 1. The molecule has 3 nitrogen and oxygen atoms in total. The number of piperidine rings is 1. The number of rotatable bonds is 3. The van der Waals surface area contributed by atoms with Crippen molar-refractivity contribution in [3.8, 4) is 0 Å². The summed E-state index contributed by atoms with van der Waals surface area (Å²) in [5.41, 5.74) is 0.796. The zero-order valence-corrected chi connectivity index (χ0v) is 13.9. The fourth-order valence-corrected chi connectivity index (χ4v) is 2.81. The Balaban J connectivity index is 2.23. The number of halogens is 2. The lowest BCUT2D eigenvalue weighted by molar-refractivity contribution is -0.134. The SMILES string of the molecule is CC(C)(Br)C(=O)[C@@H]1CCCN(c2ccc(Cl)cc2)C1=O. The van der Waals surface area contributed by atoms with Gasteiger partial charge in [-0.2, -0.15) is 0 Å². The van der Waals surface area contributed by atoms with Crippen molar-refractivity contribution in [2.24, 2.45) is 5.92 Å². The van der Waals surface area contributed by atoms with Gasteiger partial charge in [0.05, 0.1) is 10.2 Å². The number of ketones is 1. The van der Waals surface area contributed by atoms with E-state index in [0.29, 0.717) is 18.0 Å². The van der Waals surface area contributed by atoms with Crippen LogP contribution in [0.3, 0.4) is 0 Å². The summed E-state index contributed by atoms with van der Waals surface area (Å²) in [6.45, 7) is 4.21. The highest BCUT2D eigenvalue weighted by atomic mass is 79.9. The molecule has 0 aliphatic carbocycles. The van der Waals surface area contributed by atoms with Gasteiger partial charge in [-0.1, -0.05) is 27.5 Å². The summed E-state index contributed by atoms with van der Waals surface area (Å²) < 4.78 is -0.670. The topological polar surface area (TPSA) is 37.4 Å². The molecule has 0 aromatic heterocycles. The van der Waals surface area contributed by atoms with Crippen molar-refractivity contribution in [1.82, 2.24) is 0 Å². The van der Waals surface area contributed by atoms with Gasteiger partial charge in [-0.3, -0.25) is 9.59 Å². The highest BCUT2D eigenvalue weighted by molar-refractivity contribution is 9.10. The van der Waals surface area contributed by atoms with Crippen molar-refractivity contribution in [3.05, 3.63) is 29.3 Å². The average molecular weight is 359 g/mol. The van der Waals surface area contributed by atoms with Gasteiger partial charge in [0.1, 0.15) is 0 Å². The fraction of sp³-hybridized carbons (Fsp3) is 0.467. The summed E-state index contributed by atoms with van der Waals surface area (Å²) in [6, 6.07) is 7.13. The zero-order valence-electron chi connectivity index (χ0n) is 11.5. The molecule has 0 N–H and O–H groups in total. The Labute approximate surface area is 132 Å². The number of hydrogen-bond donors (Lipinski definition) is 0. The van der Waals surface area contributed by atoms with Gasteiger partial charge < -0.3 is 4.90 Å². The van der Waals surface area contributed by atoms with E-state index in [1.165, 1.54) is 0 Å². The highest BCUT2D eigenvalue weighted by Crippen LogP contribution is 2.31. The van der Waals surface area contributed by atoms with Crippen LogP contribution in [-0.2, 0) is 9.59 Å². The van der Waals surface area contributed by atoms with Crippen molar-refractivity contribution in [2.45, 2.75) is 31.0 Å². The van der Waals surface area contributed by atoms with Gasteiger partial charge in [0.2, 0.25) is 5.91 Å². The number of carbonyl (C=O) groups excluding carboxylic acids is 2. The maximum absolute atomic E-state index is 12.6. The standard InChI is InChI=1S/C15H17BrClNO2/c1-15(2,16)13(19)12-4-3-9-18(14(12)20)11-7-5-10(17)6-8-11/h5-8,12H,3-4,9H2,1-2H3/t12-/m0/s1. The smallest absolute Gasteiger partial charge is 0.237 e. The molecular formula is C15H17BrClNO2. The van der Waals surface area contributed by atoms with Crippen molar-refractivity contribution in [2.75, 3.05) is 11.4 Å². The van der Waals surface area contributed by atoms with Crippen LogP contribution in [0.5, 0.6) is 0 Å². The predicted molar refractivity (Wildman–Crippen MR) is 84.5 cm³/mol. The number of carbonyl (C=O) groups is 2. The minimum Gasteiger partial charge on any atom is -0.312 e. The molecule has 0 bridgehead atoms. The van der Waals surface area contributed by atoms with Gasteiger partial charge in [0.25, 0.3) is 0 Å². The van der Waals surface area contributed by atoms with E-state index in [0.717, 1.165) is 12.1 Å². The minimum absolute atomic E-state index is 0.0545. The van der Waals surface area contributed by atoms with Gasteiger partial charge in [-0.25, -0.2) is 0 Å². The Morgan fingerprint density at radius 1 is 1.35 bits per heavy atom. The Morgan fingerprint density at radius 3 is 2.50 bits per heavy atom. The lowest BCUT2D eigenvalue weighted by atomic mass is 9.87. The first-order valence-electron chi connectivity index (χ1n) is 6.61. The van der Waals surface area contributed by atoms with E-state index in [2.05, 4.69) is 15.9 Å². The molecule has 1 atom stereocenters. The van der Waals surface area contributed by atoms with E-state index in [-0.39, 0.29) is 11.7 Å². The van der Waals surface area contributed by atoms with Crippen LogP contribution >= 0.6 is 27.5 Å². The molecule has 1 heterocycles. The van der Waals surface area contributed by atoms with Gasteiger partial charge in [-0.15, -0.1) is 0 Å². The Bertz CT molecular complexity index is 522. The Hall–Kier alpha value is -0.870. The third-order valence-electron chi connectivity index (χ3n) is 3.48. The summed E-state index contributed by atoms with van der Waals surface area (Å²) in [5, 5.41) is 0.632. The molecule has 1 amide bonds. The lowest BCUT2D eigenvalue weighted by Crippen LogP contribution is -2.47. The molecule has 1 aromatic carbocycles. The third kappa shape index (κ3) is 3.23. The minimum atomic E-state index is -0.670. The molecule has 2 rings (SSSR count). The van der Waals surface area contributed by atoms with E-state index < -0.39 is 10.2 Å². The molecule has 1 aromatic rings. The maximum Gasteiger partial charge on any atom is 0.237 e. The van der Waals surface area contributed by atoms with E-state index in [9.17, 15) is 9.59 Å². The Morgan fingerprint density at radius 2 is 1.95 bits per heavy atom. The van der Waals surface area contributed by atoms with Crippen LogP contribution in [0.4, 0.5) is 5.69 Å². The van der Waals surface area contributed by atoms with Crippen molar-refractivity contribution in [3.63, 3.8) is 0 Å². The summed E-state index contributed by atoms with van der Waals surface area (Å²) in [5.74, 6) is -0.730. The first-order valence-corrected chi connectivity index (χ1v) is 7.78. The van der Waals surface area contributed by atoms with Crippen LogP contribution in [0.2, 0.25) is 5.02 Å². The number of alkyl halides is 1. The van der Waals surface area contributed by atoms with Crippen molar-refractivity contribution in [1.29, 1.82) is 0 Å². The third-order valence-corrected chi connectivity index (χ3v) is 4.12. The lowest BCUT2D eigenvalue weighted by Gasteiger charge is -2.33. The number of nitrogens with zero attached hydrogens (tertiary/aromatic N) is 1. The first-order chi connectivity index (χ1) is 9.30. The molecular weight excluding hydrogens is 342 g/mol. The summed E-state index contributed by atoms with van der Waals surface area (Å²) >= 11 is 9.22. The maximum atomic E-state index is 12.6. The molecule has 5 heteroatoms. The molecule has 1 aliphatic rings. The fourth-order valence-electron chi connectivity index (χ4n) is 2.41. The molecule has 0 saturated carbocycles. The monoisotopic (exact) mass is 357 g/mol. The molecule has 108 valence electrons. The van der Waals surface area contributed by atoms with E-state index >= 15 is 0 Å². The van der Waals surface area contributed by atoms with Crippen LogP contribution in [0.25, 0.3) is 0 Å². The van der Waals surface area contributed by atoms with Crippen LogP contribution in [0.15, 0.2) is 24.3 Å². The molecule has 0 spiro atoms. The number of anilines is 1. The molecule has 0 radical (unpaired) electrons. The van der Waals surface area contributed by atoms with E-state index in [1.54, 1.807) is 30.9 Å². The molecule has 1 aliphatic heterocycles. The summed E-state index contributed by atoms with van der Waals surface area (Å²) in [6.07, 6.45) is 1.45. The number of hydrogen-bond acceptors (Lipinski definition) is 2. The number of Topliss-reactive ketones (excluding diaryl/α,β-unsaturated/α-hetero) is 1. The molecule has 0 unspecified atom stereocenters.